The van der Waals surface area contributed by atoms with E-state index in [-0.39, 0.29) is 6.42 Å². The van der Waals surface area contributed by atoms with Crippen LogP contribution < -0.4 is 0 Å². The highest BCUT2D eigenvalue weighted by molar-refractivity contribution is 5.84. The average molecular weight is 219 g/mol. The molecule has 84 valence electrons. The van der Waals surface area contributed by atoms with Gasteiger partial charge in [-0.2, -0.15) is 0 Å². The van der Waals surface area contributed by atoms with E-state index in [4.69, 9.17) is 5.11 Å². The highest BCUT2D eigenvalue weighted by Crippen LogP contribution is 2.26. The van der Waals surface area contributed by atoms with Gasteiger partial charge in [0.15, 0.2) is 0 Å². The number of hydrogen-bond donors (Lipinski definition) is 2. The summed E-state index contributed by atoms with van der Waals surface area (Å²) in [5.74, 6) is -1.000. The lowest BCUT2D eigenvalue weighted by Crippen LogP contribution is -2.05. The quantitative estimate of drug-likeness (QED) is 0.825. The second-order valence-electron chi connectivity index (χ2n) is 3.82. The van der Waals surface area contributed by atoms with Gasteiger partial charge < -0.3 is 14.8 Å². The van der Waals surface area contributed by atoms with Gasteiger partial charge in [0.1, 0.15) is 0 Å². The molecule has 1 aromatic carbocycles. The van der Waals surface area contributed by atoms with Gasteiger partial charge in [-0.25, -0.2) is 0 Å². The number of benzene rings is 1. The van der Waals surface area contributed by atoms with Gasteiger partial charge in [0.2, 0.25) is 0 Å². The second kappa shape index (κ2) is 3.98. The highest BCUT2D eigenvalue weighted by Gasteiger charge is 2.15. The average Bonchev–Trinajstić information content (AvgIpc) is 2.59. The molecule has 0 spiro atoms. The number of rotatable bonds is 3. The smallest absolute Gasteiger partial charge is 0.306 e. The van der Waals surface area contributed by atoms with E-state index in [1.807, 2.05) is 36.0 Å². The number of aliphatic carboxylic acids is 1. The van der Waals surface area contributed by atoms with Crippen LogP contribution in [-0.2, 0) is 11.8 Å². The minimum atomic E-state index is -1.000. The first-order valence-corrected chi connectivity index (χ1v) is 5.03. The number of aliphatic hydroxyl groups excluding tert-OH is 1. The molecule has 1 unspecified atom stereocenters. The summed E-state index contributed by atoms with van der Waals surface area (Å²) in [4.78, 5) is 10.6. The number of carboxylic acids is 1. The molecule has 0 aliphatic heterocycles. The predicted molar refractivity (Wildman–Crippen MR) is 60.1 cm³/mol. The fourth-order valence-corrected chi connectivity index (χ4v) is 1.89. The van der Waals surface area contributed by atoms with Crippen LogP contribution in [0, 0.1) is 0 Å². The summed E-state index contributed by atoms with van der Waals surface area (Å²) in [6, 6.07) is 7.40. The third-order valence-electron chi connectivity index (χ3n) is 2.69. The summed E-state index contributed by atoms with van der Waals surface area (Å²) < 4.78 is 1.94. The molecule has 2 N–H and O–H groups in total. The van der Waals surface area contributed by atoms with Gasteiger partial charge in [-0.05, 0) is 17.7 Å². The Hall–Kier alpha value is -1.81. The van der Waals surface area contributed by atoms with Gasteiger partial charge in [0, 0.05) is 24.1 Å². The fourth-order valence-electron chi connectivity index (χ4n) is 1.89. The van der Waals surface area contributed by atoms with Gasteiger partial charge in [0.05, 0.1) is 12.5 Å². The molecule has 2 aromatic rings. The van der Waals surface area contributed by atoms with E-state index >= 15 is 0 Å². The maximum absolute atomic E-state index is 10.6. The number of carbonyl (C=O) groups is 1. The van der Waals surface area contributed by atoms with E-state index in [9.17, 15) is 9.90 Å². The summed E-state index contributed by atoms with van der Waals surface area (Å²) in [6.07, 6.45) is 0.666. The molecule has 0 fully saturated rings. The zero-order chi connectivity index (χ0) is 11.7. The Morgan fingerprint density at radius 2 is 2.19 bits per heavy atom. The van der Waals surface area contributed by atoms with Crippen LogP contribution in [0.2, 0.25) is 0 Å². The summed E-state index contributed by atoms with van der Waals surface area (Å²) in [5.41, 5.74) is 1.66. The number of fused-ring (bicyclic) bond motifs is 1. The van der Waals surface area contributed by atoms with Crippen molar-refractivity contribution in [1.82, 2.24) is 4.57 Å². The van der Waals surface area contributed by atoms with Crippen LogP contribution in [0.1, 0.15) is 18.1 Å². The first kappa shape index (κ1) is 10.7. The third kappa shape index (κ3) is 1.79. The van der Waals surface area contributed by atoms with Gasteiger partial charge in [-0.15, -0.1) is 0 Å². The molecular formula is C12H13NO3. The molecule has 0 bridgehead atoms. The first-order chi connectivity index (χ1) is 7.59. The number of aromatic nitrogens is 1. The van der Waals surface area contributed by atoms with Crippen molar-refractivity contribution in [2.75, 3.05) is 0 Å². The lowest BCUT2D eigenvalue weighted by molar-refractivity contribution is -0.139. The van der Waals surface area contributed by atoms with Crippen molar-refractivity contribution in [2.45, 2.75) is 12.5 Å². The van der Waals surface area contributed by atoms with Crippen molar-refractivity contribution in [1.29, 1.82) is 0 Å². The normalized spacial score (nSPS) is 12.9. The molecule has 0 saturated heterocycles. The Balaban J connectivity index is 2.48. The van der Waals surface area contributed by atoms with Crippen molar-refractivity contribution in [3.05, 3.63) is 36.0 Å². The lowest BCUT2D eigenvalue weighted by atomic mass is 10.0. The van der Waals surface area contributed by atoms with E-state index in [1.165, 1.54) is 0 Å². The molecule has 2 rings (SSSR count). The summed E-state index contributed by atoms with van der Waals surface area (Å²) in [5, 5.41) is 19.4. The van der Waals surface area contributed by atoms with Crippen LogP contribution in [0.3, 0.4) is 0 Å². The fraction of sp³-hybridized carbons (Fsp3) is 0.250. The minimum Gasteiger partial charge on any atom is -0.481 e. The van der Waals surface area contributed by atoms with Crippen molar-refractivity contribution in [3.63, 3.8) is 0 Å². The standard InChI is InChI=1S/C12H13NO3/c1-13-6-5-8-9(3-2-4-10(8)13)11(14)7-12(15)16/h2-6,11,14H,7H2,1H3,(H,15,16). The molecule has 0 saturated carbocycles. The van der Waals surface area contributed by atoms with Crippen LogP contribution in [0.25, 0.3) is 10.9 Å². The van der Waals surface area contributed by atoms with Crippen LogP contribution in [0.4, 0.5) is 0 Å². The minimum absolute atomic E-state index is 0.270. The highest BCUT2D eigenvalue weighted by atomic mass is 16.4. The van der Waals surface area contributed by atoms with Crippen LogP contribution in [0.15, 0.2) is 30.5 Å². The molecule has 1 aromatic heterocycles. The van der Waals surface area contributed by atoms with Crippen molar-refractivity contribution < 1.29 is 15.0 Å². The van der Waals surface area contributed by atoms with Gasteiger partial charge in [0.25, 0.3) is 0 Å². The van der Waals surface area contributed by atoms with Gasteiger partial charge >= 0.3 is 5.97 Å². The number of carboxylic acid groups (broad SMARTS) is 1. The van der Waals surface area contributed by atoms with Crippen molar-refractivity contribution in [2.24, 2.45) is 7.05 Å². The molecule has 0 amide bonds. The second-order valence-corrected chi connectivity index (χ2v) is 3.82. The number of hydrogen-bond acceptors (Lipinski definition) is 2. The largest absolute Gasteiger partial charge is 0.481 e. The molecule has 0 radical (unpaired) electrons. The van der Waals surface area contributed by atoms with E-state index in [1.54, 1.807) is 6.07 Å². The van der Waals surface area contributed by atoms with Crippen LogP contribution in [0.5, 0.6) is 0 Å². The number of nitrogens with zero attached hydrogens (tertiary/aromatic N) is 1. The third-order valence-corrected chi connectivity index (χ3v) is 2.69. The van der Waals surface area contributed by atoms with E-state index in [2.05, 4.69) is 0 Å². The zero-order valence-electron chi connectivity index (χ0n) is 8.92. The Morgan fingerprint density at radius 1 is 1.44 bits per heavy atom. The summed E-state index contributed by atoms with van der Waals surface area (Å²) in [6.45, 7) is 0. The molecule has 4 heteroatoms. The molecular weight excluding hydrogens is 206 g/mol. The molecule has 1 heterocycles. The van der Waals surface area contributed by atoms with Crippen LogP contribution >= 0.6 is 0 Å². The van der Waals surface area contributed by atoms with E-state index < -0.39 is 12.1 Å². The summed E-state index contributed by atoms with van der Waals surface area (Å²) >= 11 is 0. The maximum Gasteiger partial charge on any atom is 0.306 e. The van der Waals surface area contributed by atoms with E-state index in [0.29, 0.717) is 5.56 Å². The van der Waals surface area contributed by atoms with Gasteiger partial charge in [-0.3, -0.25) is 4.79 Å². The van der Waals surface area contributed by atoms with Crippen LogP contribution in [-0.4, -0.2) is 20.7 Å². The topological polar surface area (TPSA) is 62.5 Å². The number of aryl methyl sites for hydroxylation is 1. The molecule has 1 atom stereocenters. The first-order valence-electron chi connectivity index (χ1n) is 5.03. The predicted octanol–water partition coefficient (Wildman–Crippen LogP) is 1.69. The molecule has 16 heavy (non-hydrogen) atoms. The van der Waals surface area contributed by atoms with Crippen molar-refractivity contribution in [3.8, 4) is 0 Å². The zero-order valence-corrected chi connectivity index (χ0v) is 8.92. The van der Waals surface area contributed by atoms with Gasteiger partial charge in [-0.1, -0.05) is 12.1 Å². The van der Waals surface area contributed by atoms with E-state index in [0.717, 1.165) is 10.9 Å². The monoisotopic (exact) mass is 219 g/mol. The Labute approximate surface area is 92.7 Å². The molecule has 4 nitrogen and oxygen atoms in total. The Morgan fingerprint density at radius 3 is 2.88 bits per heavy atom. The van der Waals surface area contributed by atoms with Crippen molar-refractivity contribution >= 4 is 16.9 Å². The maximum atomic E-state index is 10.6. The molecule has 0 aliphatic carbocycles. The molecule has 0 aliphatic rings. The Bertz CT molecular complexity index is 530. The SMILES string of the molecule is Cn1ccc2c(C(O)CC(=O)O)cccc21. The summed E-state index contributed by atoms with van der Waals surface area (Å²) in [7, 11) is 1.91. The number of aliphatic hydroxyl groups is 1. The lowest BCUT2D eigenvalue weighted by Gasteiger charge is -2.10. The Kier molecular flexibility index (Phi) is 2.66.